The summed E-state index contributed by atoms with van der Waals surface area (Å²) >= 11 is 1.47. The summed E-state index contributed by atoms with van der Waals surface area (Å²) in [5.41, 5.74) is 1.13. The normalized spacial score (nSPS) is 15.8. The lowest BCUT2D eigenvalue weighted by Crippen LogP contribution is -2.31. The number of likely N-dealkylation sites (N-methyl/N-ethyl adjacent to an activating group) is 1. The van der Waals surface area contributed by atoms with Crippen LogP contribution >= 0.6 is 11.8 Å². The zero-order valence-corrected chi connectivity index (χ0v) is 15.3. The van der Waals surface area contributed by atoms with Crippen LogP contribution in [0.5, 0.6) is 5.75 Å². The third kappa shape index (κ3) is 3.99. The number of fused-ring (bicyclic) bond motifs is 1. The Morgan fingerprint density at radius 1 is 1.31 bits per heavy atom. The van der Waals surface area contributed by atoms with Crippen molar-refractivity contribution < 1.29 is 18.7 Å². The number of ether oxygens (including phenoxy) is 1. The van der Waals surface area contributed by atoms with Crippen LogP contribution < -0.4 is 10.1 Å². The Kier molecular flexibility index (Phi) is 5.46. The lowest BCUT2D eigenvalue weighted by molar-refractivity contribution is -0.115. The van der Waals surface area contributed by atoms with E-state index >= 15 is 0 Å². The summed E-state index contributed by atoms with van der Waals surface area (Å²) in [5.74, 6) is -0.531. The van der Waals surface area contributed by atoms with Gasteiger partial charge in [0.25, 0.3) is 5.91 Å². The Balaban J connectivity index is 1.61. The molecule has 0 saturated carbocycles. The van der Waals surface area contributed by atoms with Crippen LogP contribution in [-0.4, -0.2) is 42.2 Å². The highest BCUT2D eigenvalue weighted by Crippen LogP contribution is 2.36. The van der Waals surface area contributed by atoms with Gasteiger partial charge in [-0.2, -0.15) is 0 Å². The number of nitrogens with one attached hydrogen (secondary N) is 1. The molecule has 7 heteroatoms. The number of amides is 2. The fourth-order valence-electron chi connectivity index (χ4n) is 2.52. The first-order chi connectivity index (χ1) is 12.5. The Hall–Kier alpha value is -2.54. The maximum Gasteiger partial charge on any atom is 0.253 e. The number of hydrogen-bond acceptors (Lipinski definition) is 4. The first-order valence-electron chi connectivity index (χ1n) is 8.20. The van der Waals surface area contributed by atoms with Gasteiger partial charge in [-0.3, -0.25) is 9.59 Å². The number of para-hydroxylation sites is 1. The number of halogens is 1. The molecule has 1 aliphatic heterocycles. The van der Waals surface area contributed by atoms with Gasteiger partial charge in [-0.15, -0.1) is 11.8 Å². The Morgan fingerprint density at radius 3 is 2.85 bits per heavy atom. The van der Waals surface area contributed by atoms with Gasteiger partial charge in [0.2, 0.25) is 5.91 Å². The minimum absolute atomic E-state index is 0.0706. The van der Waals surface area contributed by atoms with Crippen molar-refractivity contribution >= 4 is 29.3 Å². The maximum absolute atomic E-state index is 13.5. The third-order valence-corrected chi connectivity index (χ3v) is 5.20. The zero-order chi connectivity index (χ0) is 18.7. The van der Waals surface area contributed by atoms with E-state index in [-0.39, 0.29) is 29.4 Å². The predicted octanol–water partition coefficient (Wildman–Crippen LogP) is 3.41. The van der Waals surface area contributed by atoms with Gasteiger partial charge in [-0.1, -0.05) is 12.1 Å². The van der Waals surface area contributed by atoms with Crippen molar-refractivity contribution in [1.82, 2.24) is 4.90 Å². The largest absolute Gasteiger partial charge is 0.489 e. The van der Waals surface area contributed by atoms with Crippen molar-refractivity contribution in [2.75, 3.05) is 25.5 Å². The first kappa shape index (κ1) is 18.3. The molecular weight excluding hydrogens is 355 g/mol. The topological polar surface area (TPSA) is 58.6 Å². The number of carbonyl (C=O) groups is 2. The van der Waals surface area contributed by atoms with Gasteiger partial charge in [-0.05, 0) is 37.3 Å². The van der Waals surface area contributed by atoms with Crippen molar-refractivity contribution in [1.29, 1.82) is 0 Å². The van der Waals surface area contributed by atoms with E-state index in [1.54, 1.807) is 37.4 Å². The zero-order valence-electron chi connectivity index (χ0n) is 14.5. The van der Waals surface area contributed by atoms with Gasteiger partial charge in [0, 0.05) is 17.5 Å². The Labute approximate surface area is 155 Å². The average molecular weight is 374 g/mol. The van der Waals surface area contributed by atoms with Crippen molar-refractivity contribution in [2.45, 2.75) is 17.1 Å². The average Bonchev–Trinajstić information content (AvgIpc) is 2.63. The summed E-state index contributed by atoms with van der Waals surface area (Å²) in [7, 11) is 1.65. The van der Waals surface area contributed by atoms with Crippen LogP contribution in [0, 0.1) is 5.82 Å². The minimum Gasteiger partial charge on any atom is -0.489 e. The van der Waals surface area contributed by atoms with Crippen molar-refractivity contribution in [3.8, 4) is 5.75 Å². The smallest absolute Gasteiger partial charge is 0.253 e. The molecule has 0 aliphatic carbocycles. The SMILES string of the molecule is CC1Sc2ccc(C(=O)N(C)CCOc3ccccc3F)cc2NC1=O. The molecule has 0 radical (unpaired) electrons. The van der Waals surface area contributed by atoms with E-state index in [9.17, 15) is 14.0 Å². The van der Waals surface area contributed by atoms with Crippen LogP contribution in [0.2, 0.25) is 0 Å². The van der Waals surface area contributed by atoms with Crippen LogP contribution in [-0.2, 0) is 4.79 Å². The molecule has 1 atom stereocenters. The molecule has 1 N–H and O–H groups in total. The lowest BCUT2D eigenvalue weighted by Gasteiger charge is -2.23. The molecule has 26 heavy (non-hydrogen) atoms. The molecule has 0 saturated heterocycles. The Morgan fingerprint density at radius 2 is 2.08 bits per heavy atom. The number of rotatable bonds is 5. The number of benzene rings is 2. The number of thioether (sulfide) groups is 1. The van der Waals surface area contributed by atoms with Crippen molar-refractivity contribution in [3.63, 3.8) is 0 Å². The van der Waals surface area contributed by atoms with E-state index in [0.29, 0.717) is 17.8 Å². The lowest BCUT2D eigenvalue weighted by atomic mass is 10.1. The molecule has 1 heterocycles. The van der Waals surface area contributed by atoms with Crippen molar-refractivity contribution in [2.24, 2.45) is 0 Å². The second-order valence-corrected chi connectivity index (χ2v) is 7.35. The van der Waals surface area contributed by atoms with Gasteiger partial charge >= 0.3 is 0 Å². The van der Waals surface area contributed by atoms with E-state index in [0.717, 1.165) is 4.90 Å². The molecule has 0 spiro atoms. The summed E-state index contributed by atoms with van der Waals surface area (Å²) in [4.78, 5) is 26.8. The van der Waals surface area contributed by atoms with Gasteiger partial charge < -0.3 is 15.0 Å². The molecule has 1 unspecified atom stereocenters. The van der Waals surface area contributed by atoms with Crippen LogP contribution in [0.3, 0.4) is 0 Å². The van der Waals surface area contributed by atoms with Gasteiger partial charge in [0.15, 0.2) is 11.6 Å². The molecule has 2 aromatic carbocycles. The molecule has 5 nitrogen and oxygen atoms in total. The molecule has 0 fully saturated rings. The molecule has 2 aromatic rings. The quantitative estimate of drug-likeness (QED) is 0.871. The van der Waals surface area contributed by atoms with E-state index in [4.69, 9.17) is 4.74 Å². The fourth-order valence-corrected chi connectivity index (χ4v) is 3.45. The van der Waals surface area contributed by atoms with Gasteiger partial charge in [0.05, 0.1) is 17.5 Å². The van der Waals surface area contributed by atoms with Gasteiger partial charge in [-0.25, -0.2) is 4.39 Å². The standard InChI is InChI=1S/C19H19FN2O3S/c1-12-18(23)21-15-11-13(7-8-17(15)26-12)19(24)22(2)9-10-25-16-6-4-3-5-14(16)20/h3-8,11-12H,9-10H2,1-2H3,(H,21,23). The number of anilines is 1. The number of carbonyl (C=O) groups excluding carboxylic acids is 2. The van der Waals surface area contributed by atoms with Crippen LogP contribution in [0.1, 0.15) is 17.3 Å². The summed E-state index contributed by atoms with van der Waals surface area (Å²) in [6.45, 7) is 2.33. The third-order valence-electron chi connectivity index (χ3n) is 4.02. The van der Waals surface area contributed by atoms with E-state index in [1.165, 1.54) is 22.7 Å². The molecule has 136 valence electrons. The van der Waals surface area contributed by atoms with Crippen molar-refractivity contribution in [3.05, 3.63) is 53.8 Å². The van der Waals surface area contributed by atoms with Crippen LogP contribution in [0.25, 0.3) is 0 Å². The molecule has 0 aromatic heterocycles. The predicted molar refractivity (Wildman–Crippen MR) is 99.2 cm³/mol. The van der Waals surface area contributed by atoms with E-state index in [1.807, 2.05) is 13.0 Å². The number of hydrogen-bond donors (Lipinski definition) is 1. The first-order valence-corrected chi connectivity index (χ1v) is 9.08. The highest BCUT2D eigenvalue weighted by Gasteiger charge is 2.24. The van der Waals surface area contributed by atoms with Gasteiger partial charge in [0.1, 0.15) is 6.61 Å². The van der Waals surface area contributed by atoms with Crippen LogP contribution in [0.4, 0.5) is 10.1 Å². The van der Waals surface area contributed by atoms with E-state index in [2.05, 4.69) is 5.32 Å². The Bertz CT molecular complexity index is 843. The second-order valence-electron chi connectivity index (χ2n) is 5.97. The highest BCUT2D eigenvalue weighted by atomic mass is 32.2. The molecule has 1 aliphatic rings. The fraction of sp³-hybridized carbons (Fsp3) is 0.263. The highest BCUT2D eigenvalue weighted by molar-refractivity contribution is 8.00. The molecule has 3 rings (SSSR count). The molecule has 2 amide bonds. The second kappa shape index (κ2) is 7.78. The molecular formula is C19H19FN2O3S. The van der Waals surface area contributed by atoms with E-state index < -0.39 is 5.82 Å². The maximum atomic E-state index is 13.5. The summed E-state index contributed by atoms with van der Waals surface area (Å²) < 4.78 is 18.9. The summed E-state index contributed by atoms with van der Waals surface area (Å²) in [5, 5.41) is 2.67. The summed E-state index contributed by atoms with van der Waals surface area (Å²) in [6.07, 6.45) is 0. The monoisotopic (exact) mass is 374 g/mol. The van der Waals surface area contributed by atoms with Crippen LogP contribution in [0.15, 0.2) is 47.4 Å². The summed E-state index contributed by atoms with van der Waals surface area (Å²) in [6, 6.07) is 11.4. The minimum atomic E-state index is -0.432. The molecule has 0 bridgehead atoms. The number of nitrogens with zero attached hydrogens (tertiary/aromatic N) is 1.